The number of alkyl halides is 1. The lowest BCUT2D eigenvalue weighted by Crippen LogP contribution is -2.70. The molecule has 9 atom stereocenters. The third kappa shape index (κ3) is 6.71. The van der Waals surface area contributed by atoms with E-state index in [1.54, 1.807) is 39.0 Å². The molecular weight excluding hydrogens is 711 g/mol. The van der Waals surface area contributed by atoms with Crippen LogP contribution in [0.25, 0.3) is 0 Å². The minimum absolute atomic E-state index is 0.0320. The summed E-state index contributed by atoms with van der Waals surface area (Å²) in [7, 11) is 0. The van der Waals surface area contributed by atoms with Crippen molar-refractivity contribution in [3.63, 3.8) is 0 Å². The number of aliphatic hydroxyl groups is 1. The van der Waals surface area contributed by atoms with Crippen molar-refractivity contribution in [1.82, 2.24) is 0 Å². The first-order valence-corrected chi connectivity index (χ1v) is 18.2. The van der Waals surface area contributed by atoms with E-state index in [9.17, 15) is 34.4 Å². The monoisotopic (exact) mass is 758 g/mol. The maximum atomic E-state index is 17.6. The molecule has 1 saturated heterocycles. The topological polar surface area (TPSA) is 213 Å². The Hall–Kier alpha value is -4.25. The van der Waals surface area contributed by atoms with Crippen molar-refractivity contribution in [1.29, 1.82) is 0 Å². The molecule has 1 aromatic carbocycles. The molecule has 0 amide bonds. The van der Waals surface area contributed by atoms with E-state index >= 15 is 4.39 Å². The van der Waals surface area contributed by atoms with Gasteiger partial charge in [0, 0.05) is 16.7 Å². The SMILES string of the molecule is CC1(C)O[C@H]2CC3[C@@H]4CCC5=CC(=O)C=C[C@]5(C)[C@@]4(F)[C@@H](O)C[C@]3(C)[C@]2(C(=O)COC(=O)Oc2ccc(C[C@H](N)C(=O)OCCCCO[N+](=O)[O-])cc2)O1. The molecule has 0 radical (unpaired) electrons. The van der Waals surface area contributed by atoms with E-state index < -0.39 is 87.6 Å². The van der Waals surface area contributed by atoms with E-state index in [2.05, 4.69) is 4.84 Å². The Bertz CT molecular complexity index is 1750. The number of hydrogen-bond donors (Lipinski definition) is 2. The zero-order valence-electron chi connectivity index (χ0n) is 30.7. The average molecular weight is 759 g/mol. The molecule has 5 aliphatic rings. The molecule has 1 unspecified atom stereocenters. The van der Waals surface area contributed by atoms with Gasteiger partial charge < -0.3 is 39.4 Å². The van der Waals surface area contributed by atoms with E-state index in [0.29, 0.717) is 36.8 Å². The van der Waals surface area contributed by atoms with E-state index in [1.165, 1.54) is 24.3 Å². The van der Waals surface area contributed by atoms with Crippen LogP contribution in [0.2, 0.25) is 0 Å². The Morgan fingerprint density at radius 3 is 2.50 bits per heavy atom. The maximum Gasteiger partial charge on any atom is 0.514 e. The lowest BCUT2D eigenvalue weighted by Gasteiger charge is -2.62. The van der Waals surface area contributed by atoms with Crippen LogP contribution in [0, 0.1) is 32.8 Å². The molecule has 1 aliphatic heterocycles. The minimum Gasteiger partial charge on any atom is -0.465 e. The summed E-state index contributed by atoms with van der Waals surface area (Å²) in [4.78, 5) is 65.9. The van der Waals surface area contributed by atoms with Crippen LogP contribution in [0.3, 0.4) is 0 Å². The van der Waals surface area contributed by atoms with Crippen molar-refractivity contribution in [3.8, 4) is 5.75 Å². The van der Waals surface area contributed by atoms with Gasteiger partial charge in [0.2, 0.25) is 5.78 Å². The van der Waals surface area contributed by atoms with Gasteiger partial charge in [0.15, 0.2) is 29.4 Å². The van der Waals surface area contributed by atoms with E-state index in [-0.39, 0.29) is 44.0 Å². The number of carbonyl (C=O) groups excluding carboxylic acids is 4. The van der Waals surface area contributed by atoms with Gasteiger partial charge in [-0.15, -0.1) is 10.1 Å². The fraction of sp³-hybridized carbons (Fsp3) is 0.632. The molecule has 1 aromatic rings. The Morgan fingerprint density at radius 2 is 1.80 bits per heavy atom. The summed E-state index contributed by atoms with van der Waals surface area (Å²) in [5.74, 6) is -3.66. The summed E-state index contributed by atoms with van der Waals surface area (Å²) in [5.41, 5.74) is 1.18. The predicted molar refractivity (Wildman–Crippen MR) is 185 cm³/mol. The summed E-state index contributed by atoms with van der Waals surface area (Å²) in [6.07, 6.45) is 2.72. The quantitative estimate of drug-likeness (QED) is 0.0956. The number of Topliss-reactive ketones (excluding diaryl/α,β-unsaturated/α-hetero) is 1. The highest BCUT2D eigenvalue weighted by Gasteiger charge is 2.80. The number of hydrogen-bond acceptors (Lipinski definition) is 14. The molecule has 4 aliphatic carbocycles. The van der Waals surface area contributed by atoms with Crippen LogP contribution < -0.4 is 10.5 Å². The first-order valence-electron chi connectivity index (χ1n) is 18.2. The molecule has 0 spiro atoms. The number of esters is 1. The number of ether oxygens (including phenoxy) is 5. The Morgan fingerprint density at radius 1 is 1.09 bits per heavy atom. The van der Waals surface area contributed by atoms with Gasteiger partial charge in [0.25, 0.3) is 5.09 Å². The third-order valence-corrected chi connectivity index (χ3v) is 12.2. The molecule has 16 heteroatoms. The molecule has 1 heterocycles. The molecule has 3 saturated carbocycles. The fourth-order valence-corrected chi connectivity index (χ4v) is 9.82. The van der Waals surface area contributed by atoms with Crippen molar-refractivity contribution in [2.24, 2.45) is 28.4 Å². The molecule has 4 fully saturated rings. The van der Waals surface area contributed by atoms with Crippen molar-refractivity contribution in [2.75, 3.05) is 19.8 Å². The summed E-state index contributed by atoms with van der Waals surface area (Å²) in [6.45, 7) is 6.09. The highest BCUT2D eigenvalue weighted by molar-refractivity contribution is 6.01. The van der Waals surface area contributed by atoms with Crippen LogP contribution >= 0.6 is 0 Å². The van der Waals surface area contributed by atoms with Gasteiger partial charge in [0.1, 0.15) is 11.8 Å². The number of unbranched alkanes of at least 4 members (excludes halogenated alkanes) is 1. The Labute approximate surface area is 311 Å². The highest BCUT2D eigenvalue weighted by atomic mass is 19.1. The average Bonchev–Trinajstić information content (AvgIpc) is 3.51. The molecule has 0 bridgehead atoms. The smallest absolute Gasteiger partial charge is 0.465 e. The number of allylic oxidation sites excluding steroid dienone is 4. The number of benzene rings is 1. The number of carbonyl (C=O) groups is 4. The number of aliphatic hydroxyl groups excluding tert-OH is 1. The Kier molecular flexibility index (Phi) is 10.5. The van der Waals surface area contributed by atoms with E-state index in [1.807, 2.05) is 6.92 Å². The van der Waals surface area contributed by atoms with Gasteiger partial charge in [-0.2, -0.15) is 0 Å². The van der Waals surface area contributed by atoms with Crippen LogP contribution in [0.4, 0.5) is 9.18 Å². The molecule has 54 heavy (non-hydrogen) atoms. The number of fused-ring (bicyclic) bond motifs is 7. The predicted octanol–water partition coefficient (Wildman–Crippen LogP) is 4.04. The van der Waals surface area contributed by atoms with Crippen LogP contribution in [0.5, 0.6) is 5.75 Å². The van der Waals surface area contributed by atoms with Gasteiger partial charge in [0.05, 0.1) is 25.4 Å². The van der Waals surface area contributed by atoms with Crippen molar-refractivity contribution in [3.05, 3.63) is 63.7 Å². The lowest BCUT2D eigenvalue weighted by atomic mass is 9.44. The zero-order chi connectivity index (χ0) is 39.3. The van der Waals surface area contributed by atoms with Crippen molar-refractivity contribution in [2.45, 2.75) is 108 Å². The van der Waals surface area contributed by atoms with Gasteiger partial charge in [-0.1, -0.05) is 30.7 Å². The number of nitrogens with zero attached hydrogens (tertiary/aromatic N) is 1. The van der Waals surface area contributed by atoms with Gasteiger partial charge in [-0.25, -0.2) is 9.18 Å². The summed E-state index contributed by atoms with van der Waals surface area (Å²) >= 11 is 0. The molecule has 6 rings (SSSR count). The van der Waals surface area contributed by atoms with Crippen LogP contribution in [-0.4, -0.2) is 89.0 Å². The summed E-state index contributed by atoms with van der Waals surface area (Å²) in [5, 5.41) is 21.0. The third-order valence-electron chi connectivity index (χ3n) is 12.2. The summed E-state index contributed by atoms with van der Waals surface area (Å²) in [6, 6.07) is 5.14. The first kappa shape index (κ1) is 39.4. The number of ketones is 2. The molecular formula is C38H47FN2O13. The number of halogens is 1. The minimum atomic E-state index is -2.11. The normalized spacial score (nSPS) is 35.0. The van der Waals surface area contributed by atoms with Crippen LogP contribution in [-0.2, 0) is 44.6 Å². The standard InChI is InChI=1S/C38H47FN2O13/c1-34(2)53-31-19-27-26-12-9-23-18-24(42)13-14-35(23,3)37(26,39)29(43)20-36(27,4)38(31,54-34)30(44)21-50-33(46)52-25-10-7-22(8-11-25)17-28(40)32(45)49-15-5-6-16-51-41(47)48/h7-8,10-11,13-14,18,26-29,31,43H,5-6,9,12,15-17,19-21,40H2,1-4H3/t26-,27?,28-,29-,31-,35-,36-,37-,38+/m0/s1. The second kappa shape index (κ2) is 14.4. The second-order valence-corrected chi connectivity index (χ2v) is 15.8. The van der Waals surface area contributed by atoms with Crippen molar-refractivity contribution >= 4 is 23.7 Å². The van der Waals surface area contributed by atoms with Crippen LogP contribution in [0.15, 0.2) is 48.1 Å². The van der Waals surface area contributed by atoms with Gasteiger partial charge in [-0.05, 0) is 101 Å². The van der Waals surface area contributed by atoms with E-state index in [0.717, 1.165) is 0 Å². The first-order chi connectivity index (χ1) is 25.4. The highest BCUT2D eigenvalue weighted by Crippen LogP contribution is 2.72. The second-order valence-electron chi connectivity index (χ2n) is 15.8. The number of rotatable bonds is 13. The number of nitrogens with two attached hydrogens (primary N) is 1. The molecule has 3 N–H and O–H groups in total. The zero-order valence-corrected chi connectivity index (χ0v) is 30.7. The summed E-state index contributed by atoms with van der Waals surface area (Å²) < 4.78 is 46.1. The van der Waals surface area contributed by atoms with Crippen molar-refractivity contribution < 1.29 is 62.3 Å². The fourth-order valence-electron chi connectivity index (χ4n) is 9.82. The molecule has 294 valence electrons. The maximum absolute atomic E-state index is 17.6. The molecule has 0 aromatic heterocycles. The Balaban J connectivity index is 1.08. The molecule has 15 nitrogen and oxygen atoms in total. The van der Waals surface area contributed by atoms with E-state index in [4.69, 9.17) is 29.4 Å². The van der Waals surface area contributed by atoms with Gasteiger partial charge >= 0.3 is 12.1 Å². The largest absolute Gasteiger partial charge is 0.514 e. The lowest BCUT2D eigenvalue weighted by molar-refractivity contribution is -0.757. The van der Waals surface area contributed by atoms with Crippen LogP contribution in [0.1, 0.15) is 71.8 Å². The van der Waals surface area contributed by atoms with Gasteiger partial charge in [-0.3, -0.25) is 14.4 Å².